The maximum absolute atomic E-state index is 2.35. The molecule has 112 valence electrons. The third-order valence-electron chi connectivity index (χ3n) is 3.36. The highest BCUT2D eigenvalue weighted by Crippen LogP contribution is 2.22. The average molecular weight is 264 g/mol. The van der Waals surface area contributed by atoms with Crippen LogP contribution in [0, 0.1) is 5.41 Å². The van der Waals surface area contributed by atoms with Crippen LogP contribution in [0.25, 0.3) is 0 Å². The van der Waals surface area contributed by atoms with Gasteiger partial charge in [-0.05, 0) is 37.5 Å². The molecule has 0 saturated heterocycles. The molecule has 0 fully saturated rings. The molecule has 0 atom stereocenters. The molecule has 0 spiro atoms. The summed E-state index contributed by atoms with van der Waals surface area (Å²) in [4.78, 5) is 0. The monoisotopic (exact) mass is 264 g/mol. The molecule has 0 aliphatic rings. The number of hydrogen-bond acceptors (Lipinski definition) is 0. The highest BCUT2D eigenvalue weighted by molar-refractivity contribution is 4.92. The van der Waals surface area contributed by atoms with E-state index in [2.05, 4.69) is 52.0 Å². The van der Waals surface area contributed by atoms with Gasteiger partial charge in [0.1, 0.15) is 0 Å². The van der Waals surface area contributed by atoms with Gasteiger partial charge in [-0.15, -0.1) is 0 Å². The van der Waals surface area contributed by atoms with E-state index in [4.69, 9.17) is 0 Å². The predicted molar refractivity (Wildman–Crippen MR) is 89.6 cm³/mol. The predicted octanol–water partition coefficient (Wildman–Crippen LogP) is 7.07. The number of hydrogen-bond donors (Lipinski definition) is 0. The molecule has 0 bridgehead atoms. The van der Waals surface area contributed by atoms with Crippen LogP contribution < -0.4 is 0 Å². The molecule has 0 aliphatic carbocycles. The lowest BCUT2D eigenvalue weighted by Crippen LogP contribution is -2.03. The number of rotatable bonds is 11. The second-order valence-electron chi connectivity index (χ2n) is 6.83. The quantitative estimate of drug-likeness (QED) is 0.276. The third kappa shape index (κ3) is 17.5. The molecule has 0 aromatic rings. The Labute approximate surface area is 122 Å². The van der Waals surface area contributed by atoms with Crippen molar-refractivity contribution in [2.24, 2.45) is 5.41 Å². The Morgan fingerprint density at radius 3 is 1.89 bits per heavy atom. The van der Waals surface area contributed by atoms with E-state index >= 15 is 0 Å². The molecule has 0 N–H and O–H groups in total. The molecular weight excluding hydrogens is 228 g/mol. The van der Waals surface area contributed by atoms with Gasteiger partial charge in [0.2, 0.25) is 0 Å². The van der Waals surface area contributed by atoms with Crippen molar-refractivity contribution in [3.63, 3.8) is 0 Å². The molecule has 0 nitrogen and oxygen atoms in total. The molecule has 0 saturated carbocycles. The van der Waals surface area contributed by atoms with E-state index < -0.39 is 0 Å². The summed E-state index contributed by atoms with van der Waals surface area (Å²) in [5.41, 5.74) is 0.522. The zero-order valence-corrected chi connectivity index (χ0v) is 13.9. The van der Waals surface area contributed by atoms with Gasteiger partial charge in [0.05, 0.1) is 0 Å². The van der Waals surface area contributed by atoms with E-state index in [1.54, 1.807) is 0 Å². The largest absolute Gasteiger partial charge is 0.0882 e. The number of unbranched alkanes of at least 4 members (excludes halogenated alkanes) is 6. The molecule has 0 unspecified atom stereocenters. The van der Waals surface area contributed by atoms with E-state index in [-0.39, 0.29) is 0 Å². The van der Waals surface area contributed by atoms with Gasteiger partial charge >= 0.3 is 0 Å². The smallest absolute Gasteiger partial charge is 0.0169 e. The fraction of sp³-hybridized carbons (Fsp3) is 0.789. The van der Waals surface area contributed by atoms with Crippen LogP contribution in [0.2, 0.25) is 0 Å². The third-order valence-corrected chi connectivity index (χ3v) is 3.36. The SMILES string of the molecule is CCC/C=C\C/C=C\CCCCCCCC(C)(C)C. The second kappa shape index (κ2) is 12.5. The van der Waals surface area contributed by atoms with Crippen molar-refractivity contribution >= 4 is 0 Å². The van der Waals surface area contributed by atoms with Crippen LogP contribution >= 0.6 is 0 Å². The van der Waals surface area contributed by atoms with Crippen molar-refractivity contribution in [3.05, 3.63) is 24.3 Å². The zero-order chi connectivity index (χ0) is 14.4. The second-order valence-corrected chi connectivity index (χ2v) is 6.83. The first kappa shape index (κ1) is 18.5. The molecule has 0 amide bonds. The van der Waals surface area contributed by atoms with E-state index in [9.17, 15) is 0 Å². The fourth-order valence-electron chi connectivity index (χ4n) is 2.12. The van der Waals surface area contributed by atoms with Crippen LogP contribution in [0.4, 0.5) is 0 Å². The minimum Gasteiger partial charge on any atom is -0.0882 e. The Morgan fingerprint density at radius 1 is 0.684 bits per heavy atom. The zero-order valence-electron chi connectivity index (χ0n) is 13.9. The maximum atomic E-state index is 2.35. The summed E-state index contributed by atoms with van der Waals surface area (Å²) in [7, 11) is 0. The van der Waals surface area contributed by atoms with Crippen molar-refractivity contribution < 1.29 is 0 Å². The molecule has 0 heteroatoms. The average Bonchev–Trinajstić information content (AvgIpc) is 2.34. The van der Waals surface area contributed by atoms with Gasteiger partial charge < -0.3 is 0 Å². The minimum atomic E-state index is 0.522. The lowest BCUT2D eigenvalue weighted by atomic mass is 9.89. The van der Waals surface area contributed by atoms with Gasteiger partial charge in [0.15, 0.2) is 0 Å². The Kier molecular flexibility index (Phi) is 12.2. The highest BCUT2D eigenvalue weighted by atomic mass is 14.1. The lowest BCUT2D eigenvalue weighted by molar-refractivity contribution is 0.356. The van der Waals surface area contributed by atoms with Gasteiger partial charge in [-0.25, -0.2) is 0 Å². The topological polar surface area (TPSA) is 0 Å². The van der Waals surface area contributed by atoms with E-state index in [0.717, 1.165) is 6.42 Å². The van der Waals surface area contributed by atoms with Crippen molar-refractivity contribution in [1.29, 1.82) is 0 Å². The molecule has 0 heterocycles. The van der Waals surface area contributed by atoms with Crippen LogP contribution in [-0.4, -0.2) is 0 Å². The minimum absolute atomic E-state index is 0.522. The summed E-state index contributed by atoms with van der Waals surface area (Å²) < 4.78 is 0. The van der Waals surface area contributed by atoms with Crippen LogP contribution in [0.5, 0.6) is 0 Å². The Morgan fingerprint density at radius 2 is 1.26 bits per heavy atom. The van der Waals surface area contributed by atoms with E-state index in [1.807, 2.05) is 0 Å². The first-order valence-electron chi connectivity index (χ1n) is 8.36. The Balaban J connectivity index is 3.20. The van der Waals surface area contributed by atoms with Gasteiger partial charge in [-0.3, -0.25) is 0 Å². The van der Waals surface area contributed by atoms with Gasteiger partial charge in [-0.2, -0.15) is 0 Å². The van der Waals surface area contributed by atoms with Crippen molar-refractivity contribution in [3.8, 4) is 0 Å². The van der Waals surface area contributed by atoms with Crippen LogP contribution in [0.3, 0.4) is 0 Å². The van der Waals surface area contributed by atoms with Crippen LogP contribution in [0.15, 0.2) is 24.3 Å². The van der Waals surface area contributed by atoms with Crippen molar-refractivity contribution in [2.75, 3.05) is 0 Å². The Hall–Kier alpha value is -0.520. The standard InChI is InChI=1S/C19H36/c1-5-6-7-8-9-10-11-12-13-14-15-16-17-18-19(2,3)4/h7-8,10-11H,5-6,9,12-18H2,1-4H3/b8-7-,11-10-. The van der Waals surface area contributed by atoms with Gasteiger partial charge in [-0.1, -0.05) is 84.1 Å². The number of allylic oxidation sites excluding steroid dienone is 4. The van der Waals surface area contributed by atoms with Gasteiger partial charge in [0.25, 0.3) is 0 Å². The molecular formula is C19H36. The van der Waals surface area contributed by atoms with Gasteiger partial charge in [0, 0.05) is 0 Å². The first-order chi connectivity index (χ1) is 9.06. The highest BCUT2D eigenvalue weighted by Gasteiger charge is 2.08. The molecule has 0 rings (SSSR count). The summed E-state index contributed by atoms with van der Waals surface area (Å²) in [6, 6.07) is 0. The maximum Gasteiger partial charge on any atom is -0.0169 e. The molecule has 0 aliphatic heterocycles. The van der Waals surface area contributed by atoms with Crippen molar-refractivity contribution in [2.45, 2.75) is 91.9 Å². The summed E-state index contributed by atoms with van der Waals surface area (Å²) >= 11 is 0. The molecule has 19 heavy (non-hydrogen) atoms. The van der Waals surface area contributed by atoms with Crippen LogP contribution in [-0.2, 0) is 0 Å². The molecule has 0 aromatic carbocycles. The van der Waals surface area contributed by atoms with E-state index in [1.165, 1.54) is 57.8 Å². The first-order valence-corrected chi connectivity index (χ1v) is 8.36. The normalized spacial score (nSPS) is 12.8. The van der Waals surface area contributed by atoms with Crippen molar-refractivity contribution in [1.82, 2.24) is 0 Å². The lowest BCUT2D eigenvalue weighted by Gasteiger charge is -2.17. The Bertz CT molecular complexity index is 227. The molecule has 0 aromatic heterocycles. The summed E-state index contributed by atoms with van der Waals surface area (Å²) in [5, 5.41) is 0. The van der Waals surface area contributed by atoms with E-state index in [0.29, 0.717) is 5.41 Å². The molecule has 0 radical (unpaired) electrons. The fourth-order valence-corrected chi connectivity index (χ4v) is 2.12. The summed E-state index contributed by atoms with van der Waals surface area (Å²) in [5.74, 6) is 0. The summed E-state index contributed by atoms with van der Waals surface area (Å²) in [6.07, 6.45) is 22.5. The van der Waals surface area contributed by atoms with Crippen LogP contribution in [0.1, 0.15) is 91.9 Å². The summed E-state index contributed by atoms with van der Waals surface area (Å²) in [6.45, 7) is 9.24.